The van der Waals surface area contributed by atoms with Crippen LogP contribution < -0.4 is 19.5 Å². The van der Waals surface area contributed by atoms with E-state index in [1.807, 2.05) is 38.1 Å². The number of nitrogens with zero attached hydrogens (tertiary/aromatic N) is 1. The van der Waals surface area contributed by atoms with Gasteiger partial charge in [0.05, 0.1) is 28.8 Å². The Bertz CT molecular complexity index is 1150. The van der Waals surface area contributed by atoms with Crippen LogP contribution in [0.3, 0.4) is 0 Å². The molecule has 0 spiro atoms. The predicted octanol–water partition coefficient (Wildman–Crippen LogP) is 4.84. The summed E-state index contributed by atoms with van der Waals surface area (Å²) in [5, 5.41) is 3.26. The molecule has 0 aromatic heterocycles. The zero-order chi connectivity index (χ0) is 24.7. The zero-order valence-corrected chi connectivity index (χ0v) is 22.2. The number of rotatable bonds is 9. The van der Waals surface area contributed by atoms with Crippen molar-refractivity contribution in [1.29, 1.82) is 0 Å². The average Bonchev–Trinajstić information content (AvgIpc) is 3.12. The highest BCUT2D eigenvalue weighted by Crippen LogP contribution is 2.37. The van der Waals surface area contributed by atoms with Gasteiger partial charge in [-0.15, -0.1) is 0 Å². The van der Waals surface area contributed by atoms with E-state index < -0.39 is 5.97 Å². The lowest BCUT2D eigenvalue weighted by Gasteiger charge is -2.14. The first kappa shape index (κ1) is 25.9. The van der Waals surface area contributed by atoms with Gasteiger partial charge in [0.1, 0.15) is 11.4 Å². The minimum Gasteiger partial charge on any atom is -0.494 e. The first-order valence-electron chi connectivity index (χ1n) is 10.5. The first-order valence-corrected chi connectivity index (χ1v) is 12.4. The monoisotopic (exact) mass is 596 g/mol. The van der Waals surface area contributed by atoms with E-state index in [4.69, 9.17) is 18.9 Å². The molecule has 0 radical (unpaired) electrons. The maximum absolute atomic E-state index is 12.6. The molecule has 0 bridgehead atoms. The van der Waals surface area contributed by atoms with E-state index in [0.29, 0.717) is 39.6 Å². The number of carbonyl (C=O) groups excluding carboxylic acids is 2. The van der Waals surface area contributed by atoms with Crippen molar-refractivity contribution in [1.82, 2.24) is 5.32 Å². The normalized spacial score (nSPS) is 15.4. The molecule has 2 aromatic rings. The second-order valence-corrected chi connectivity index (χ2v) is 9.21. The number of esters is 1. The lowest BCUT2D eigenvalue weighted by molar-refractivity contribution is -0.145. The molecule has 0 aliphatic carbocycles. The number of hydrogen-bond acceptors (Lipinski definition) is 8. The fraction of sp³-hybridized carbons (Fsp3) is 0.292. The van der Waals surface area contributed by atoms with Crippen molar-refractivity contribution in [3.63, 3.8) is 0 Å². The number of nitrogens with one attached hydrogen (secondary N) is 1. The summed E-state index contributed by atoms with van der Waals surface area (Å²) >= 11 is 3.35. The van der Waals surface area contributed by atoms with Crippen LogP contribution in [0.25, 0.3) is 6.08 Å². The van der Waals surface area contributed by atoms with Crippen LogP contribution in [0, 0.1) is 10.5 Å². The number of benzene rings is 2. The Morgan fingerprint density at radius 3 is 2.65 bits per heavy atom. The third-order valence-corrected chi connectivity index (χ3v) is 6.19. The molecule has 1 heterocycles. The summed E-state index contributed by atoms with van der Waals surface area (Å²) in [6.07, 6.45) is 1.76. The number of aliphatic imine (C=N–C) groups is 1. The van der Waals surface area contributed by atoms with E-state index in [1.165, 1.54) is 11.8 Å². The predicted molar refractivity (Wildman–Crippen MR) is 141 cm³/mol. The molecule has 3 rings (SSSR count). The van der Waals surface area contributed by atoms with Gasteiger partial charge in [-0.1, -0.05) is 6.07 Å². The zero-order valence-electron chi connectivity index (χ0n) is 19.3. The summed E-state index contributed by atoms with van der Waals surface area (Å²) in [7, 11) is 1.58. The van der Waals surface area contributed by atoms with Gasteiger partial charge in [-0.05, 0) is 96.6 Å². The summed E-state index contributed by atoms with van der Waals surface area (Å²) < 4.78 is 22.4. The third kappa shape index (κ3) is 6.66. The van der Waals surface area contributed by atoms with Crippen LogP contribution in [0.15, 0.2) is 40.2 Å². The lowest BCUT2D eigenvalue weighted by Crippen LogP contribution is -2.19. The topological polar surface area (TPSA) is 95.5 Å². The number of methoxy groups -OCH3 is 1. The van der Waals surface area contributed by atoms with Crippen molar-refractivity contribution in [2.24, 2.45) is 4.99 Å². The van der Waals surface area contributed by atoms with E-state index in [1.54, 1.807) is 26.2 Å². The highest BCUT2D eigenvalue weighted by molar-refractivity contribution is 14.1. The van der Waals surface area contributed by atoms with Crippen LogP contribution >= 0.6 is 34.4 Å². The van der Waals surface area contributed by atoms with Gasteiger partial charge in [0.2, 0.25) is 0 Å². The minimum absolute atomic E-state index is 0.217. The number of aryl methyl sites for hydroxylation is 1. The van der Waals surface area contributed by atoms with Crippen molar-refractivity contribution < 1.29 is 28.5 Å². The number of ether oxygens (including phenoxy) is 4. The van der Waals surface area contributed by atoms with Gasteiger partial charge in [-0.3, -0.25) is 4.79 Å². The number of amides is 1. The number of halogens is 1. The molecule has 10 heteroatoms. The quantitative estimate of drug-likeness (QED) is 0.252. The fourth-order valence-corrected chi connectivity index (χ4v) is 4.65. The Morgan fingerprint density at radius 2 is 1.94 bits per heavy atom. The lowest BCUT2D eigenvalue weighted by atomic mass is 10.2. The van der Waals surface area contributed by atoms with Gasteiger partial charge in [-0.2, -0.15) is 0 Å². The molecule has 180 valence electrons. The molecule has 0 unspecified atom stereocenters. The van der Waals surface area contributed by atoms with Crippen LogP contribution in [0.5, 0.6) is 17.2 Å². The number of carbonyl (C=O) groups is 2. The molecule has 1 N–H and O–H groups in total. The van der Waals surface area contributed by atoms with E-state index >= 15 is 0 Å². The van der Waals surface area contributed by atoms with Crippen LogP contribution in [-0.2, 0) is 14.3 Å². The Morgan fingerprint density at radius 1 is 1.15 bits per heavy atom. The van der Waals surface area contributed by atoms with Gasteiger partial charge < -0.3 is 24.3 Å². The van der Waals surface area contributed by atoms with Gasteiger partial charge in [-0.25, -0.2) is 9.79 Å². The fourth-order valence-electron chi connectivity index (χ4n) is 3.04. The van der Waals surface area contributed by atoms with Gasteiger partial charge in [0.25, 0.3) is 5.91 Å². The van der Waals surface area contributed by atoms with Crippen molar-refractivity contribution in [3.05, 3.63) is 49.9 Å². The third-order valence-electron chi connectivity index (χ3n) is 4.48. The van der Waals surface area contributed by atoms with E-state index in [-0.39, 0.29) is 19.1 Å². The van der Waals surface area contributed by atoms with Crippen LogP contribution in [-0.4, -0.2) is 44.0 Å². The maximum Gasteiger partial charge on any atom is 0.344 e. The van der Waals surface area contributed by atoms with Gasteiger partial charge >= 0.3 is 5.97 Å². The molecular weight excluding hydrogens is 571 g/mol. The summed E-state index contributed by atoms with van der Waals surface area (Å²) in [6, 6.07) is 9.29. The molecule has 34 heavy (non-hydrogen) atoms. The number of thioether (sulfide) groups is 1. The Balaban J connectivity index is 1.85. The molecular formula is C24H25IN2O6S. The molecule has 1 aliphatic heterocycles. The standard InChI is InChI=1S/C24H25IN2O6S/c1-5-31-19-11-15(10-16(25)22(19)33-13-21(28)32-6-2)12-20-23(29)27-24(34-20)26-17-9-14(3)7-8-18(17)30-4/h7-12H,5-6,13H2,1-4H3,(H,26,27,29)/b20-12-. The largest absolute Gasteiger partial charge is 0.494 e. The molecule has 0 saturated carbocycles. The molecule has 2 aromatic carbocycles. The highest BCUT2D eigenvalue weighted by atomic mass is 127. The van der Waals surface area contributed by atoms with Gasteiger partial charge in [0.15, 0.2) is 23.3 Å². The molecule has 1 saturated heterocycles. The highest BCUT2D eigenvalue weighted by Gasteiger charge is 2.25. The SMILES string of the molecule is CCOC(=O)COc1c(I)cc(/C=C2\SC(=Nc3cc(C)ccc3OC)NC2=O)cc1OCC. The number of amidine groups is 1. The van der Waals surface area contributed by atoms with Crippen molar-refractivity contribution in [2.45, 2.75) is 20.8 Å². The van der Waals surface area contributed by atoms with E-state index in [9.17, 15) is 9.59 Å². The van der Waals surface area contributed by atoms with Crippen molar-refractivity contribution in [3.8, 4) is 17.2 Å². The Labute approximate surface area is 216 Å². The van der Waals surface area contributed by atoms with E-state index in [2.05, 4.69) is 32.9 Å². The molecule has 1 aliphatic rings. The maximum atomic E-state index is 12.6. The smallest absolute Gasteiger partial charge is 0.344 e. The van der Waals surface area contributed by atoms with Crippen LogP contribution in [0.1, 0.15) is 25.0 Å². The van der Waals surface area contributed by atoms with Crippen LogP contribution in [0.4, 0.5) is 5.69 Å². The van der Waals surface area contributed by atoms with E-state index in [0.717, 1.165) is 14.7 Å². The molecule has 8 nitrogen and oxygen atoms in total. The second kappa shape index (κ2) is 12.1. The van der Waals surface area contributed by atoms with Gasteiger partial charge in [0, 0.05) is 0 Å². The number of hydrogen-bond donors (Lipinski definition) is 1. The summed E-state index contributed by atoms with van der Waals surface area (Å²) in [6.45, 7) is 6.04. The Kier molecular flexibility index (Phi) is 9.22. The Hall–Kier alpha value is -2.73. The second-order valence-electron chi connectivity index (χ2n) is 7.01. The van der Waals surface area contributed by atoms with Crippen molar-refractivity contribution in [2.75, 3.05) is 26.9 Å². The molecule has 1 fully saturated rings. The summed E-state index contributed by atoms with van der Waals surface area (Å²) in [5.41, 5.74) is 2.43. The summed E-state index contributed by atoms with van der Waals surface area (Å²) in [5.74, 6) is 0.857. The van der Waals surface area contributed by atoms with Crippen LogP contribution in [0.2, 0.25) is 0 Å². The molecule has 1 amide bonds. The summed E-state index contributed by atoms with van der Waals surface area (Å²) in [4.78, 5) is 29.3. The average molecular weight is 596 g/mol. The van der Waals surface area contributed by atoms with Crippen molar-refractivity contribution >= 4 is 63.2 Å². The molecule has 0 atom stereocenters. The first-order chi connectivity index (χ1) is 16.3. The minimum atomic E-state index is -0.456.